The molecule has 0 radical (unpaired) electrons. The number of nitrogen functional groups attached to an aromatic ring is 1. The van der Waals surface area contributed by atoms with Crippen molar-refractivity contribution in [2.75, 3.05) is 5.73 Å². The van der Waals surface area contributed by atoms with Crippen LogP contribution in [0, 0.1) is 0 Å². The van der Waals surface area contributed by atoms with Gasteiger partial charge in [0.1, 0.15) is 0 Å². The zero-order chi connectivity index (χ0) is 9.54. The zero-order valence-electron chi connectivity index (χ0n) is 7.73. The molecule has 0 bridgehead atoms. The molecule has 0 aromatic carbocycles. The van der Waals surface area contributed by atoms with Gasteiger partial charge in [-0.05, 0) is 18.9 Å². The number of rotatable bonds is 1. The molecule has 0 amide bonds. The van der Waals surface area contributed by atoms with Gasteiger partial charge >= 0.3 is 0 Å². The molecule has 3 rings (SSSR count). The minimum Gasteiger partial charge on any atom is -0.436 e. The lowest BCUT2D eigenvalue weighted by atomic mass is 9.85. The fourth-order valence-electron chi connectivity index (χ4n) is 1.70. The molecule has 0 saturated heterocycles. The van der Waals surface area contributed by atoms with E-state index in [0.29, 0.717) is 22.8 Å². The maximum atomic E-state index is 5.76. The van der Waals surface area contributed by atoms with E-state index in [-0.39, 0.29) is 0 Å². The van der Waals surface area contributed by atoms with Crippen molar-refractivity contribution in [3.8, 4) is 0 Å². The fraction of sp³-hybridized carbons (Fsp3) is 0.400. The van der Waals surface area contributed by atoms with Crippen molar-refractivity contribution < 1.29 is 4.42 Å². The summed E-state index contributed by atoms with van der Waals surface area (Å²) in [5, 5.41) is 0. The SMILES string of the molecule is Nc1ccnc2nc(C3CCC3)oc12. The number of hydrogen-bond acceptors (Lipinski definition) is 4. The van der Waals surface area contributed by atoms with Crippen LogP contribution in [0.3, 0.4) is 0 Å². The standard InChI is InChI=1S/C10H11N3O/c11-7-4-5-12-9-8(7)14-10(13-9)6-2-1-3-6/h4-6H,1-3H2,(H2,11,12). The molecule has 4 heteroatoms. The summed E-state index contributed by atoms with van der Waals surface area (Å²) < 4.78 is 5.60. The summed E-state index contributed by atoms with van der Waals surface area (Å²) >= 11 is 0. The van der Waals surface area contributed by atoms with Crippen LogP contribution in [-0.4, -0.2) is 9.97 Å². The van der Waals surface area contributed by atoms with Crippen molar-refractivity contribution in [2.24, 2.45) is 0 Å². The second-order valence-electron chi connectivity index (χ2n) is 3.73. The molecule has 2 heterocycles. The lowest BCUT2D eigenvalue weighted by Crippen LogP contribution is -2.08. The van der Waals surface area contributed by atoms with Crippen LogP contribution in [0.15, 0.2) is 16.7 Å². The second kappa shape index (κ2) is 2.70. The van der Waals surface area contributed by atoms with Gasteiger partial charge < -0.3 is 10.2 Å². The van der Waals surface area contributed by atoms with Crippen molar-refractivity contribution in [3.63, 3.8) is 0 Å². The number of hydrogen-bond donors (Lipinski definition) is 1. The van der Waals surface area contributed by atoms with Crippen LogP contribution in [-0.2, 0) is 0 Å². The Morgan fingerprint density at radius 2 is 2.29 bits per heavy atom. The monoisotopic (exact) mass is 189 g/mol. The van der Waals surface area contributed by atoms with Crippen molar-refractivity contribution >= 4 is 16.9 Å². The topological polar surface area (TPSA) is 64.9 Å². The van der Waals surface area contributed by atoms with Crippen LogP contribution < -0.4 is 5.73 Å². The van der Waals surface area contributed by atoms with Gasteiger partial charge in [0.05, 0.1) is 5.69 Å². The number of nitrogens with zero attached hydrogens (tertiary/aromatic N) is 2. The second-order valence-corrected chi connectivity index (χ2v) is 3.73. The molecule has 4 nitrogen and oxygen atoms in total. The molecule has 1 aliphatic rings. The Balaban J connectivity index is 2.15. The van der Waals surface area contributed by atoms with E-state index >= 15 is 0 Å². The zero-order valence-corrected chi connectivity index (χ0v) is 7.73. The van der Waals surface area contributed by atoms with E-state index in [1.165, 1.54) is 19.3 Å². The van der Waals surface area contributed by atoms with Gasteiger partial charge in [-0.3, -0.25) is 0 Å². The molecule has 0 aliphatic heterocycles. The molecule has 2 aromatic heterocycles. The molecule has 1 fully saturated rings. The predicted molar refractivity (Wildman–Crippen MR) is 52.8 cm³/mol. The lowest BCUT2D eigenvalue weighted by Gasteiger charge is -2.21. The lowest BCUT2D eigenvalue weighted by molar-refractivity contribution is 0.344. The van der Waals surface area contributed by atoms with E-state index < -0.39 is 0 Å². The minimum atomic E-state index is 0.489. The van der Waals surface area contributed by atoms with Gasteiger partial charge in [-0.15, -0.1) is 0 Å². The van der Waals surface area contributed by atoms with Crippen LogP contribution in [0.1, 0.15) is 31.1 Å². The first-order chi connectivity index (χ1) is 6.84. The summed E-state index contributed by atoms with van der Waals surface area (Å²) in [5.74, 6) is 1.29. The van der Waals surface area contributed by atoms with Crippen LogP contribution in [0.5, 0.6) is 0 Å². The first-order valence-electron chi connectivity index (χ1n) is 4.85. The molecule has 14 heavy (non-hydrogen) atoms. The van der Waals surface area contributed by atoms with Gasteiger partial charge in [0, 0.05) is 12.1 Å². The molecule has 1 saturated carbocycles. The van der Waals surface area contributed by atoms with Crippen molar-refractivity contribution in [1.29, 1.82) is 0 Å². The number of anilines is 1. The van der Waals surface area contributed by atoms with E-state index in [0.717, 1.165) is 5.89 Å². The third-order valence-corrected chi connectivity index (χ3v) is 2.79. The quantitative estimate of drug-likeness (QED) is 0.745. The van der Waals surface area contributed by atoms with Crippen LogP contribution in [0.25, 0.3) is 11.2 Å². The number of fused-ring (bicyclic) bond motifs is 1. The summed E-state index contributed by atoms with van der Waals surface area (Å²) in [6.07, 6.45) is 5.27. The van der Waals surface area contributed by atoms with Crippen LogP contribution in [0.2, 0.25) is 0 Å². The van der Waals surface area contributed by atoms with E-state index in [2.05, 4.69) is 9.97 Å². The van der Waals surface area contributed by atoms with Gasteiger partial charge in [-0.2, -0.15) is 4.98 Å². The maximum absolute atomic E-state index is 5.76. The van der Waals surface area contributed by atoms with Crippen LogP contribution in [0.4, 0.5) is 5.69 Å². The smallest absolute Gasteiger partial charge is 0.200 e. The first kappa shape index (κ1) is 7.79. The Morgan fingerprint density at radius 3 is 2.93 bits per heavy atom. The molecule has 2 N–H and O–H groups in total. The summed E-state index contributed by atoms with van der Waals surface area (Å²) in [5.41, 5.74) is 7.64. The summed E-state index contributed by atoms with van der Waals surface area (Å²) in [6, 6.07) is 1.73. The molecule has 0 unspecified atom stereocenters. The van der Waals surface area contributed by atoms with Gasteiger partial charge in [-0.25, -0.2) is 4.98 Å². The van der Waals surface area contributed by atoms with Crippen LogP contribution >= 0.6 is 0 Å². The Morgan fingerprint density at radius 1 is 1.43 bits per heavy atom. The number of aromatic nitrogens is 2. The van der Waals surface area contributed by atoms with Gasteiger partial charge in [-0.1, -0.05) is 6.42 Å². The molecule has 2 aromatic rings. The molecule has 0 atom stereocenters. The molecule has 0 spiro atoms. The van der Waals surface area contributed by atoms with Crippen molar-refractivity contribution in [2.45, 2.75) is 25.2 Å². The Hall–Kier alpha value is -1.58. The summed E-state index contributed by atoms with van der Waals surface area (Å²) in [4.78, 5) is 8.46. The van der Waals surface area contributed by atoms with Crippen molar-refractivity contribution in [1.82, 2.24) is 9.97 Å². The van der Waals surface area contributed by atoms with Crippen molar-refractivity contribution in [3.05, 3.63) is 18.2 Å². The highest BCUT2D eigenvalue weighted by Crippen LogP contribution is 2.37. The number of pyridine rings is 1. The van der Waals surface area contributed by atoms with Gasteiger partial charge in [0.25, 0.3) is 0 Å². The highest BCUT2D eigenvalue weighted by molar-refractivity contribution is 5.81. The highest BCUT2D eigenvalue weighted by atomic mass is 16.3. The first-order valence-corrected chi connectivity index (χ1v) is 4.85. The molecular weight excluding hydrogens is 178 g/mol. The average Bonchev–Trinajstić information content (AvgIpc) is 2.46. The molecular formula is C10H11N3O. The predicted octanol–water partition coefficient (Wildman–Crippen LogP) is 2.07. The number of oxazole rings is 1. The van der Waals surface area contributed by atoms with Gasteiger partial charge in [0.2, 0.25) is 5.65 Å². The Labute approximate surface area is 81.1 Å². The normalized spacial score (nSPS) is 17.1. The highest BCUT2D eigenvalue weighted by Gasteiger charge is 2.25. The summed E-state index contributed by atoms with van der Waals surface area (Å²) in [6.45, 7) is 0. The summed E-state index contributed by atoms with van der Waals surface area (Å²) in [7, 11) is 0. The molecule has 72 valence electrons. The maximum Gasteiger partial charge on any atom is 0.200 e. The largest absolute Gasteiger partial charge is 0.436 e. The van der Waals surface area contributed by atoms with E-state index in [1.54, 1.807) is 12.3 Å². The third kappa shape index (κ3) is 0.999. The molecule has 1 aliphatic carbocycles. The van der Waals surface area contributed by atoms with Gasteiger partial charge in [0.15, 0.2) is 11.5 Å². The number of nitrogens with two attached hydrogens (primary N) is 1. The third-order valence-electron chi connectivity index (χ3n) is 2.79. The average molecular weight is 189 g/mol. The van der Waals surface area contributed by atoms with E-state index in [9.17, 15) is 0 Å². The Bertz CT molecular complexity index is 473. The minimum absolute atomic E-state index is 0.489. The fourth-order valence-corrected chi connectivity index (χ4v) is 1.70. The van der Waals surface area contributed by atoms with E-state index in [1.807, 2.05) is 0 Å². The van der Waals surface area contributed by atoms with E-state index in [4.69, 9.17) is 10.2 Å². The Kier molecular flexibility index (Phi) is 1.50.